The fraction of sp³-hybridized carbons (Fsp3) is 0.143. The Bertz CT molecular complexity index is 458. The molecule has 2 heteroatoms. The maximum absolute atomic E-state index is 3.75. The highest BCUT2D eigenvalue weighted by molar-refractivity contribution is 8.03. The van der Waals surface area contributed by atoms with Crippen LogP contribution in [0.4, 0.5) is 5.69 Å². The number of para-hydroxylation sites is 1. The Morgan fingerprint density at radius 1 is 1.38 bits per heavy atom. The number of rotatable bonds is 2. The average Bonchev–Trinajstić information content (AvgIpc) is 2.30. The van der Waals surface area contributed by atoms with Gasteiger partial charge in [0, 0.05) is 9.80 Å². The van der Waals surface area contributed by atoms with E-state index in [0.717, 1.165) is 12.1 Å². The maximum Gasteiger partial charge on any atom is 0.0526 e. The second kappa shape index (κ2) is 5.08. The smallest absolute Gasteiger partial charge is 0.0526 e. The van der Waals surface area contributed by atoms with Crippen molar-refractivity contribution in [3.8, 4) is 0 Å². The Labute approximate surface area is 101 Å². The van der Waals surface area contributed by atoms with Crippen molar-refractivity contribution in [1.82, 2.24) is 0 Å². The van der Waals surface area contributed by atoms with Gasteiger partial charge in [-0.25, -0.2) is 0 Å². The third kappa shape index (κ3) is 2.22. The summed E-state index contributed by atoms with van der Waals surface area (Å²) in [4.78, 5) is 2.56. The molecule has 1 N–H and O–H groups in total. The minimum absolute atomic E-state index is 1.04. The molecule has 82 valence electrons. The lowest BCUT2D eigenvalue weighted by Gasteiger charge is -2.22. The quantitative estimate of drug-likeness (QED) is 0.797. The molecule has 1 nitrogen and oxygen atoms in total. The number of hydrogen-bond acceptors (Lipinski definition) is 2. The summed E-state index contributed by atoms with van der Waals surface area (Å²) in [6, 6.07) is 8.36. The first-order chi connectivity index (χ1) is 7.85. The maximum atomic E-state index is 3.75. The third-order valence-electron chi connectivity index (χ3n) is 2.32. The number of hydrogen-bond donors (Lipinski definition) is 1. The second-order valence-electron chi connectivity index (χ2n) is 3.52. The zero-order valence-corrected chi connectivity index (χ0v) is 10.2. The van der Waals surface area contributed by atoms with Crippen LogP contribution in [0.2, 0.25) is 0 Å². The van der Waals surface area contributed by atoms with E-state index in [0.29, 0.717) is 0 Å². The number of allylic oxidation sites excluding steroid dienone is 3. The highest BCUT2D eigenvalue weighted by atomic mass is 32.2. The zero-order chi connectivity index (χ0) is 11.4. The van der Waals surface area contributed by atoms with Crippen LogP contribution in [0.3, 0.4) is 0 Å². The topological polar surface area (TPSA) is 12.0 Å². The molecule has 0 unspecified atom stereocenters. The van der Waals surface area contributed by atoms with Gasteiger partial charge in [-0.2, -0.15) is 0 Å². The predicted octanol–water partition coefficient (Wildman–Crippen LogP) is 4.57. The van der Waals surface area contributed by atoms with Crippen molar-refractivity contribution in [3.05, 3.63) is 59.7 Å². The SMILES string of the molecule is C=C/C=C1/Nc2ccccc2S/C1=C/CC. The third-order valence-corrected chi connectivity index (χ3v) is 3.50. The first-order valence-corrected chi connectivity index (χ1v) is 6.24. The summed E-state index contributed by atoms with van der Waals surface area (Å²) in [7, 11) is 0. The molecule has 1 aliphatic heterocycles. The van der Waals surface area contributed by atoms with Gasteiger partial charge in [0.05, 0.1) is 11.4 Å². The van der Waals surface area contributed by atoms with E-state index >= 15 is 0 Å². The van der Waals surface area contributed by atoms with E-state index in [4.69, 9.17) is 0 Å². The molecular formula is C14H15NS. The largest absolute Gasteiger partial charge is 0.354 e. The molecule has 16 heavy (non-hydrogen) atoms. The number of fused-ring (bicyclic) bond motifs is 1. The molecule has 0 fully saturated rings. The van der Waals surface area contributed by atoms with Crippen LogP contribution in [0.15, 0.2) is 64.6 Å². The van der Waals surface area contributed by atoms with Crippen molar-refractivity contribution in [2.75, 3.05) is 5.32 Å². The zero-order valence-electron chi connectivity index (χ0n) is 9.36. The van der Waals surface area contributed by atoms with E-state index in [9.17, 15) is 0 Å². The fourth-order valence-electron chi connectivity index (χ4n) is 1.62. The van der Waals surface area contributed by atoms with Gasteiger partial charge in [-0.05, 0) is 24.6 Å². The normalized spacial score (nSPS) is 19.3. The summed E-state index contributed by atoms with van der Waals surface area (Å²) in [6.45, 7) is 5.90. The van der Waals surface area contributed by atoms with E-state index < -0.39 is 0 Å². The van der Waals surface area contributed by atoms with Crippen LogP contribution in [0, 0.1) is 0 Å². The summed E-state index contributed by atoms with van der Waals surface area (Å²) in [6.07, 6.45) is 7.12. The minimum Gasteiger partial charge on any atom is -0.354 e. The molecule has 1 aromatic rings. The Hall–Kier alpha value is -1.41. The Balaban J connectivity index is 2.41. The fourth-order valence-corrected chi connectivity index (χ4v) is 2.71. The first-order valence-electron chi connectivity index (χ1n) is 5.42. The van der Waals surface area contributed by atoms with Crippen LogP contribution in [0.1, 0.15) is 13.3 Å². The molecule has 0 aromatic heterocycles. The minimum atomic E-state index is 1.04. The van der Waals surface area contributed by atoms with E-state index in [1.165, 1.54) is 15.5 Å². The van der Waals surface area contributed by atoms with Gasteiger partial charge in [0.2, 0.25) is 0 Å². The molecule has 0 aliphatic carbocycles. The van der Waals surface area contributed by atoms with Crippen molar-refractivity contribution in [2.24, 2.45) is 0 Å². The molecule has 0 atom stereocenters. The molecule has 0 radical (unpaired) electrons. The van der Waals surface area contributed by atoms with Crippen LogP contribution < -0.4 is 5.32 Å². The van der Waals surface area contributed by atoms with E-state index in [2.05, 4.69) is 43.1 Å². The molecule has 1 aromatic carbocycles. The van der Waals surface area contributed by atoms with Gasteiger partial charge in [-0.15, -0.1) is 0 Å². The van der Waals surface area contributed by atoms with Crippen molar-refractivity contribution in [3.63, 3.8) is 0 Å². The van der Waals surface area contributed by atoms with E-state index in [-0.39, 0.29) is 0 Å². The van der Waals surface area contributed by atoms with Crippen LogP contribution in [0.25, 0.3) is 0 Å². The second-order valence-corrected chi connectivity index (χ2v) is 4.60. The predicted molar refractivity (Wildman–Crippen MR) is 72.6 cm³/mol. The van der Waals surface area contributed by atoms with Crippen molar-refractivity contribution in [2.45, 2.75) is 18.2 Å². The van der Waals surface area contributed by atoms with Crippen molar-refractivity contribution < 1.29 is 0 Å². The standard InChI is InChI=1S/C14H15NS/c1-3-7-11-13(8-4-2)16-14-10-6-5-9-12(14)15-11/h3,5-10,15H,1,4H2,2H3/b11-7+,13-8+. The first kappa shape index (κ1) is 11.1. The Kier molecular flexibility index (Phi) is 3.52. The van der Waals surface area contributed by atoms with Crippen LogP contribution in [-0.2, 0) is 0 Å². The number of benzene rings is 1. The summed E-state index contributed by atoms with van der Waals surface area (Å²) in [5.74, 6) is 0. The molecule has 0 bridgehead atoms. The van der Waals surface area contributed by atoms with Crippen LogP contribution in [0.5, 0.6) is 0 Å². The Morgan fingerprint density at radius 2 is 2.19 bits per heavy atom. The van der Waals surface area contributed by atoms with Crippen molar-refractivity contribution >= 4 is 17.4 Å². The monoisotopic (exact) mass is 229 g/mol. The van der Waals surface area contributed by atoms with Crippen LogP contribution >= 0.6 is 11.8 Å². The van der Waals surface area contributed by atoms with Gasteiger partial charge in [0.1, 0.15) is 0 Å². The highest BCUT2D eigenvalue weighted by Gasteiger charge is 2.16. The lowest BCUT2D eigenvalue weighted by molar-refractivity contribution is 1.20. The van der Waals surface area contributed by atoms with Gasteiger partial charge in [0.15, 0.2) is 0 Å². The van der Waals surface area contributed by atoms with Gasteiger partial charge >= 0.3 is 0 Å². The summed E-state index contributed by atoms with van der Waals surface area (Å²) < 4.78 is 0. The summed E-state index contributed by atoms with van der Waals surface area (Å²) in [5.41, 5.74) is 2.31. The van der Waals surface area contributed by atoms with Gasteiger partial charge in [-0.3, -0.25) is 0 Å². The summed E-state index contributed by atoms with van der Waals surface area (Å²) in [5, 5.41) is 3.43. The molecule has 0 saturated carbocycles. The van der Waals surface area contributed by atoms with Crippen LogP contribution in [-0.4, -0.2) is 0 Å². The molecule has 0 amide bonds. The molecular weight excluding hydrogens is 214 g/mol. The van der Waals surface area contributed by atoms with Gasteiger partial charge in [0.25, 0.3) is 0 Å². The molecule has 1 aliphatic rings. The lowest BCUT2D eigenvalue weighted by atomic mass is 10.2. The van der Waals surface area contributed by atoms with E-state index in [1.54, 1.807) is 0 Å². The highest BCUT2D eigenvalue weighted by Crippen LogP contribution is 2.41. The molecule has 1 heterocycles. The Morgan fingerprint density at radius 3 is 2.94 bits per heavy atom. The number of anilines is 1. The number of thioether (sulfide) groups is 1. The van der Waals surface area contributed by atoms with Gasteiger partial charge < -0.3 is 5.32 Å². The number of nitrogens with one attached hydrogen (secondary N) is 1. The van der Waals surface area contributed by atoms with Crippen molar-refractivity contribution in [1.29, 1.82) is 0 Å². The van der Waals surface area contributed by atoms with E-state index in [1.807, 2.05) is 30.0 Å². The molecule has 0 saturated heterocycles. The average molecular weight is 229 g/mol. The summed E-state index contributed by atoms with van der Waals surface area (Å²) >= 11 is 1.81. The lowest BCUT2D eigenvalue weighted by Crippen LogP contribution is -2.06. The molecule has 2 rings (SSSR count). The molecule has 0 spiro atoms. The van der Waals surface area contributed by atoms with Gasteiger partial charge in [-0.1, -0.05) is 49.5 Å².